The van der Waals surface area contributed by atoms with Crippen molar-refractivity contribution >= 4 is 17.3 Å². The summed E-state index contributed by atoms with van der Waals surface area (Å²) in [5, 5.41) is 0. The third kappa shape index (κ3) is 2.52. The second-order valence-electron chi connectivity index (χ2n) is 5.23. The Morgan fingerprint density at radius 1 is 1.29 bits per heavy atom. The first-order valence-electron chi connectivity index (χ1n) is 7.10. The lowest BCUT2D eigenvalue weighted by atomic mass is 10.2. The van der Waals surface area contributed by atoms with E-state index in [0.717, 1.165) is 24.3 Å². The van der Waals surface area contributed by atoms with Crippen LogP contribution in [0.5, 0.6) is 0 Å². The van der Waals surface area contributed by atoms with Crippen molar-refractivity contribution in [2.45, 2.75) is 13.0 Å². The molecule has 1 aliphatic rings. The Bertz CT molecular complexity index is 650. The number of amides is 1. The number of hydrogen-bond acceptors (Lipinski definition) is 4. The average molecular weight is 285 g/mol. The standard InChI is InChI=1S/C16H19N3O2/c1-18-7-4-8-19(15-6-3-2-5-14(15)18)16(20)12-9-13(10-17)21-11-12/h2-3,5-6,9,11H,4,7-8,10,17H2,1H3. The lowest BCUT2D eigenvalue weighted by Crippen LogP contribution is -2.31. The Balaban J connectivity index is 1.97. The molecular formula is C16H19N3O2. The second kappa shape index (κ2) is 5.61. The summed E-state index contributed by atoms with van der Waals surface area (Å²) in [4.78, 5) is 16.8. The molecule has 0 bridgehead atoms. The molecule has 5 heteroatoms. The van der Waals surface area contributed by atoms with E-state index in [-0.39, 0.29) is 5.91 Å². The molecule has 1 aromatic carbocycles. The largest absolute Gasteiger partial charge is 0.467 e. The van der Waals surface area contributed by atoms with Gasteiger partial charge in [-0.05, 0) is 24.6 Å². The predicted molar refractivity (Wildman–Crippen MR) is 82.6 cm³/mol. The van der Waals surface area contributed by atoms with Gasteiger partial charge in [-0.25, -0.2) is 0 Å². The summed E-state index contributed by atoms with van der Waals surface area (Å²) in [5.41, 5.74) is 8.10. The van der Waals surface area contributed by atoms with Crippen LogP contribution in [0.25, 0.3) is 0 Å². The maximum absolute atomic E-state index is 12.8. The third-order valence-electron chi connectivity index (χ3n) is 3.81. The van der Waals surface area contributed by atoms with Gasteiger partial charge >= 0.3 is 0 Å². The summed E-state index contributed by atoms with van der Waals surface area (Å²) >= 11 is 0. The van der Waals surface area contributed by atoms with Crippen molar-refractivity contribution in [1.82, 2.24) is 0 Å². The van der Waals surface area contributed by atoms with E-state index in [2.05, 4.69) is 11.9 Å². The van der Waals surface area contributed by atoms with Gasteiger partial charge in [0.15, 0.2) is 0 Å². The first-order chi connectivity index (χ1) is 10.2. The van der Waals surface area contributed by atoms with Crippen LogP contribution < -0.4 is 15.5 Å². The molecule has 110 valence electrons. The fraction of sp³-hybridized carbons (Fsp3) is 0.312. The Morgan fingerprint density at radius 2 is 2.05 bits per heavy atom. The molecule has 0 radical (unpaired) electrons. The summed E-state index contributed by atoms with van der Waals surface area (Å²) < 4.78 is 5.28. The lowest BCUT2D eigenvalue weighted by molar-refractivity contribution is 0.0986. The fourth-order valence-electron chi connectivity index (χ4n) is 2.69. The summed E-state index contributed by atoms with van der Waals surface area (Å²) in [6.07, 6.45) is 2.42. The number of fused-ring (bicyclic) bond motifs is 1. The SMILES string of the molecule is CN1CCCN(C(=O)c2coc(CN)c2)c2ccccc21. The minimum Gasteiger partial charge on any atom is -0.467 e. The molecule has 3 rings (SSSR count). The Hall–Kier alpha value is -2.27. The molecule has 2 aromatic rings. The topological polar surface area (TPSA) is 62.7 Å². The highest BCUT2D eigenvalue weighted by Gasteiger charge is 2.25. The number of nitrogens with zero attached hydrogens (tertiary/aromatic N) is 2. The van der Waals surface area contributed by atoms with Crippen LogP contribution in [0.4, 0.5) is 11.4 Å². The molecule has 0 saturated carbocycles. The zero-order valence-electron chi connectivity index (χ0n) is 12.1. The highest BCUT2D eigenvalue weighted by molar-refractivity contribution is 6.07. The average Bonchev–Trinajstić information content (AvgIpc) is 2.93. The molecule has 0 saturated heterocycles. The summed E-state index contributed by atoms with van der Waals surface area (Å²) in [6.45, 7) is 1.93. The normalized spacial score (nSPS) is 14.8. The maximum atomic E-state index is 12.8. The van der Waals surface area contributed by atoms with Gasteiger partial charge < -0.3 is 20.0 Å². The van der Waals surface area contributed by atoms with E-state index in [0.29, 0.717) is 24.4 Å². The monoisotopic (exact) mass is 285 g/mol. The predicted octanol–water partition coefficient (Wildman–Crippen LogP) is 2.22. The van der Waals surface area contributed by atoms with Crippen molar-refractivity contribution in [2.24, 2.45) is 5.73 Å². The molecule has 21 heavy (non-hydrogen) atoms. The number of carbonyl (C=O) groups excluding carboxylic acids is 1. The molecule has 0 unspecified atom stereocenters. The maximum Gasteiger partial charge on any atom is 0.261 e. The molecule has 2 N–H and O–H groups in total. The molecule has 0 spiro atoms. The summed E-state index contributed by atoms with van der Waals surface area (Å²) in [6, 6.07) is 9.70. The van der Waals surface area contributed by atoms with Crippen LogP contribution in [-0.2, 0) is 6.54 Å². The van der Waals surface area contributed by atoms with Crippen LogP contribution in [0.15, 0.2) is 41.0 Å². The number of rotatable bonds is 2. The first-order valence-corrected chi connectivity index (χ1v) is 7.10. The van der Waals surface area contributed by atoms with Gasteiger partial charge in [0.2, 0.25) is 0 Å². The van der Waals surface area contributed by atoms with E-state index in [1.807, 2.05) is 29.2 Å². The molecule has 1 amide bonds. The fourth-order valence-corrected chi connectivity index (χ4v) is 2.69. The number of carbonyl (C=O) groups is 1. The van der Waals surface area contributed by atoms with Gasteiger partial charge in [-0.15, -0.1) is 0 Å². The Kier molecular flexibility index (Phi) is 3.66. The van der Waals surface area contributed by atoms with Crippen LogP contribution in [0.1, 0.15) is 22.5 Å². The van der Waals surface area contributed by atoms with Gasteiger partial charge in [0.05, 0.1) is 23.5 Å². The number of hydrogen-bond donors (Lipinski definition) is 1. The van der Waals surface area contributed by atoms with Crippen LogP contribution in [0.2, 0.25) is 0 Å². The van der Waals surface area contributed by atoms with Gasteiger partial charge in [-0.3, -0.25) is 4.79 Å². The Morgan fingerprint density at radius 3 is 2.76 bits per heavy atom. The summed E-state index contributed by atoms with van der Waals surface area (Å²) in [5.74, 6) is 0.583. The summed E-state index contributed by atoms with van der Waals surface area (Å²) in [7, 11) is 2.05. The van der Waals surface area contributed by atoms with Gasteiger partial charge in [0, 0.05) is 20.1 Å². The third-order valence-corrected chi connectivity index (χ3v) is 3.81. The van der Waals surface area contributed by atoms with E-state index < -0.39 is 0 Å². The van der Waals surface area contributed by atoms with Crippen molar-refractivity contribution in [3.05, 3.63) is 47.9 Å². The number of para-hydroxylation sites is 2. The first kappa shape index (κ1) is 13.7. The van der Waals surface area contributed by atoms with E-state index in [1.165, 1.54) is 6.26 Å². The molecule has 1 aromatic heterocycles. The second-order valence-corrected chi connectivity index (χ2v) is 5.23. The smallest absolute Gasteiger partial charge is 0.261 e. The van der Waals surface area contributed by atoms with E-state index >= 15 is 0 Å². The molecule has 5 nitrogen and oxygen atoms in total. The highest BCUT2D eigenvalue weighted by atomic mass is 16.3. The van der Waals surface area contributed by atoms with E-state index in [9.17, 15) is 4.79 Å². The van der Waals surface area contributed by atoms with Crippen molar-refractivity contribution in [1.29, 1.82) is 0 Å². The molecule has 1 aliphatic heterocycles. The number of furan rings is 1. The van der Waals surface area contributed by atoms with E-state index in [4.69, 9.17) is 10.2 Å². The zero-order valence-corrected chi connectivity index (χ0v) is 12.1. The number of benzene rings is 1. The van der Waals surface area contributed by atoms with Crippen LogP contribution in [0.3, 0.4) is 0 Å². The van der Waals surface area contributed by atoms with Gasteiger partial charge in [0.25, 0.3) is 5.91 Å². The Labute approximate surface area is 123 Å². The van der Waals surface area contributed by atoms with Crippen molar-refractivity contribution in [2.75, 3.05) is 29.9 Å². The zero-order chi connectivity index (χ0) is 14.8. The van der Waals surface area contributed by atoms with Crippen LogP contribution in [0, 0.1) is 0 Å². The van der Waals surface area contributed by atoms with Gasteiger partial charge in [-0.2, -0.15) is 0 Å². The molecule has 2 heterocycles. The molecular weight excluding hydrogens is 266 g/mol. The van der Waals surface area contributed by atoms with Crippen LogP contribution >= 0.6 is 0 Å². The molecule has 0 atom stereocenters. The molecule has 0 fully saturated rings. The quantitative estimate of drug-likeness (QED) is 0.919. The minimum absolute atomic E-state index is 0.0406. The highest BCUT2D eigenvalue weighted by Crippen LogP contribution is 2.32. The number of nitrogens with two attached hydrogens (primary N) is 1. The lowest BCUT2D eigenvalue weighted by Gasteiger charge is -2.23. The minimum atomic E-state index is -0.0406. The van der Waals surface area contributed by atoms with Gasteiger partial charge in [-0.1, -0.05) is 12.1 Å². The van der Waals surface area contributed by atoms with Crippen LogP contribution in [-0.4, -0.2) is 26.0 Å². The molecule has 0 aliphatic carbocycles. The number of anilines is 2. The van der Waals surface area contributed by atoms with Crippen molar-refractivity contribution in [3.63, 3.8) is 0 Å². The van der Waals surface area contributed by atoms with E-state index in [1.54, 1.807) is 6.07 Å². The van der Waals surface area contributed by atoms with Crippen molar-refractivity contribution < 1.29 is 9.21 Å². The van der Waals surface area contributed by atoms with Crippen molar-refractivity contribution in [3.8, 4) is 0 Å². The van der Waals surface area contributed by atoms with Gasteiger partial charge in [0.1, 0.15) is 12.0 Å².